The number of hydrogen-bond donors (Lipinski definition) is 5. The van der Waals surface area contributed by atoms with Gasteiger partial charge in [-0.2, -0.15) is 5.10 Å². The summed E-state index contributed by atoms with van der Waals surface area (Å²) in [6.07, 6.45) is 10.1. The van der Waals surface area contributed by atoms with Crippen molar-refractivity contribution in [3.63, 3.8) is 0 Å². The van der Waals surface area contributed by atoms with E-state index in [0.29, 0.717) is 67.5 Å². The average Bonchev–Trinajstić information content (AvgIpc) is 3.77. The number of pyridine rings is 1. The first-order valence-electron chi connectivity index (χ1n) is 20.3. The second kappa shape index (κ2) is 15.3. The monoisotopic (exact) mass is 793 g/mol. The lowest BCUT2D eigenvalue weighted by atomic mass is 9.48. The van der Waals surface area contributed by atoms with Crippen LogP contribution in [0.25, 0.3) is 21.3 Å². The first-order chi connectivity index (χ1) is 27.6. The van der Waals surface area contributed by atoms with E-state index in [9.17, 15) is 15.0 Å². The van der Waals surface area contributed by atoms with E-state index in [0.717, 1.165) is 89.2 Å². The molecule has 4 saturated carbocycles. The Morgan fingerprint density at radius 1 is 1.05 bits per heavy atom. The standard InChI is InChI=1S/C42H51N9O5S/c1-25-30-6-5-14-50(38(30)49-48-37(25)47-40-45-33-7-3-4-8-34(33)57-40)35-10-9-31(36(46-35)39(54)55)32-21-44-51(26(32)2)24-41-17-27-16-28(18-41)20-42(19-27,23-41)56-15-13-43-12-11-29(53)22-52/h3-4,7-10,21,27-29,43,52-53H,5-6,11-20,22-24H2,1-2H3,(H,54,55)(H,45,47,48)/t27?,28?,29-,41?,42?/m0/s1. The zero-order valence-corrected chi connectivity index (χ0v) is 33.4. The van der Waals surface area contributed by atoms with Gasteiger partial charge in [0.1, 0.15) is 5.82 Å². The minimum atomic E-state index is -1.09. The van der Waals surface area contributed by atoms with Crippen LogP contribution >= 0.6 is 11.3 Å². The molecule has 5 aliphatic rings. The summed E-state index contributed by atoms with van der Waals surface area (Å²) in [4.78, 5) is 24.3. The zero-order chi connectivity index (χ0) is 39.3. The second-order valence-electron chi connectivity index (χ2n) is 16.9. The number of anilines is 4. The minimum absolute atomic E-state index is 0.0114. The molecule has 57 heavy (non-hydrogen) atoms. The van der Waals surface area contributed by atoms with Crippen LogP contribution in [0.5, 0.6) is 0 Å². The van der Waals surface area contributed by atoms with E-state index in [1.54, 1.807) is 17.5 Å². The Balaban J connectivity index is 0.920. The molecular formula is C42H51N9O5S. The molecule has 10 rings (SSSR count). The van der Waals surface area contributed by atoms with Crippen molar-refractivity contribution in [1.82, 2.24) is 35.3 Å². The molecule has 0 saturated heterocycles. The number of carboxylic acids is 1. The smallest absolute Gasteiger partial charge is 0.355 e. The summed E-state index contributed by atoms with van der Waals surface area (Å²) in [5.74, 6) is 2.07. The van der Waals surface area contributed by atoms with E-state index in [-0.39, 0.29) is 23.3 Å². The van der Waals surface area contributed by atoms with E-state index < -0.39 is 12.1 Å². The van der Waals surface area contributed by atoms with Gasteiger partial charge in [-0.05, 0) is 120 Å². The van der Waals surface area contributed by atoms with Gasteiger partial charge in [-0.15, -0.1) is 10.2 Å². The van der Waals surface area contributed by atoms with E-state index in [4.69, 9.17) is 24.9 Å². The molecule has 5 aromatic rings. The highest BCUT2D eigenvalue weighted by Crippen LogP contribution is 2.63. The van der Waals surface area contributed by atoms with Crippen molar-refractivity contribution >= 4 is 50.1 Å². The number of aromatic carboxylic acids is 1. The Morgan fingerprint density at radius 2 is 1.88 bits per heavy atom. The fourth-order valence-corrected chi connectivity index (χ4v) is 11.5. The van der Waals surface area contributed by atoms with Gasteiger partial charge in [0, 0.05) is 47.6 Å². The number of thiazole rings is 1. The first kappa shape index (κ1) is 38.0. The van der Waals surface area contributed by atoms with Gasteiger partial charge in [0.25, 0.3) is 0 Å². The third kappa shape index (κ3) is 7.40. The summed E-state index contributed by atoms with van der Waals surface area (Å²) in [5.41, 5.74) is 5.19. The molecule has 1 aromatic carbocycles. The Hall–Kier alpha value is -4.54. The van der Waals surface area contributed by atoms with Crippen LogP contribution in [-0.2, 0) is 17.7 Å². The number of rotatable bonds is 15. The molecule has 5 heterocycles. The maximum Gasteiger partial charge on any atom is 0.355 e. The fraction of sp³-hybridized carbons (Fsp3) is 0.524. The molecule has 0 amide bonds. The van der Waals surface area contributed by atoms with Crippen LogP contribution < -0.4 is 15.5 Å². The van der Waals surface area contributed by atoms with Crippen LogP contribution in [0.4, 0.5) is 22.6 Å². The number of aliphatic hydroxyl groups excluding tert-OH is 2. The van der Waals surface area contributed by atoms with Gasteiger partial charge in [-0.3, -0.25) is 4.68 Å². The van der Waals surface area contributed by atoms with Gasteiger partial charge in [0.05, 0.1) is 41.3 Å². The summed E-state index contributed by atoms with van der Waals surface area (Å²) >= 11 is 1.57. The van der Waals surface area contributed by atoms with Gasteiger partial charge in [0.2, 0.25) is 0 Å². The molecule has 4 bridgehead atoms. The van der Waals surface area contributed by atoms with Gasteiger partial charge < -0.3 is 35.6 Å². The van der Waals surface area contributed by atoms with Crippen molar-refractivity contribution in [2.45, 2.75) is 89.9 Å². The van der Waals surface area contributed by atoms with Crippen molar-refractivity contribution < 1.29 is 24.9 Å². The summed E-state index contributed by atoms with van der Waals surface area (Å²) in [6, 6.07) is 11.8. The maximum atomic E-state index is 12.9. The normalized spacial score (nSPS) is 24.2. The van der Waals surface area contributed by atoms with Crippen molar-refractivity contribution in [2.75, 3.05) is 43.1 Å². The molecule has 3 atom stereocenters. The number of benzene rings is 1. The van der Waals surface area contributed by atoms with Crippen molar-refractivity contribution in [1.29, 1.82) is 0 Å². The largest absolute Gasteiger partial charge is 0.476 e. The van der Waals surface area contributed by atoms with E-state index in [1.165, 1.54) is 6.42 Å². The van der Waals surface area contributed by atoms with Crippen molar-refractivity contribution in [2.24, 2.45) is 17.3 Å². The first-order valence-corrected chi connectivity index (χ1v) is 21.1. The molecule has 2 unspecified atom stereocenters. The third-order valence-corrected chi connectivity index (χ3v) is 13.8. The van der Waals surface area contributed by atoms with Crippen molar-refractivity contribution in [3.8, 4) is 11.1 Å². The van der Waals surface area contributed by atoms with E-state index in [2.05, 4.69) is 25.5 Å². The Bertz CT molecular complexity index is 2250. The SMILES string of the molecule is Cc1c(Nc2nc3ccccc3s2)nnc2c1CCCN2c1ccc(-c2cnn(CC34CC5CC(C3)CC(OCCNCC[C@H](O)CO)(C5)C4)c2C)c(C(=O)O)n1. The summed E-state index contributed by atoms with van der Waals surface area (Å²) < 4.78 is 9.90. The lowest BCUT2D eigenvalue weighted by Crippen LogP contribution is -2.58. The average molecular weight is 794 g/mol. The number of aliphatic hydroxyl groups is 2. The summed E-state index contributed by atoms with van der Waals surface area (Å²) in [6.45, 7) is 7.26. The molecule has 4 aromatic heterocycles. The van der Waals surface area contributed by atoms with E-state index >= 15 is 0 Å². The number of fused-ring (bicyclic) bond motifs is 2. The number of aromatic nitrogens is 6. The Kier molecular flexibility index (Phi) is 10.2. The molecule has 15 heteroatoms. The number of carboxylic acid groups (broad SMARTS) is 1. The molecule has 0 radical (unpaired) electrons. The zero-order valence-electron chi connectivity index (χ0n) is 32.6. The van der Waals surface area contributed by atoms with Crippen LogP contribution in [0.3, 0.4) is 0 Å². The van der Waals surface area contributed by atoms with Crippen LogP contribution in [0, 0.1) is 31.1 Å². The highest BCUT2D eigenvalue weighted by Gasteiger charge is 2.58. The Labute approximate surface area is 335 Å². The second-order valence-corrected chi connectivity index (χ2v) is 17.9. The van der Waals surface area contributed by atoms with Crippen LogP contribution in [0.1, 0.15) is 78.7 Å². The summed E-state index contributed by atoms with van der Waals surface area (Å²) in [5, 5.41) is 50.8. The molecule has 5 N–H and O–H groups in total. The van der Waals surface area contributed by atoms with Gasteiger partial charge in [-0.25, -0.2) is 14.8 Å². The molecular weight excluding hydrogens is 743 g/mol. The molecule has 14 nitrogen and oxygen atoms in total. The van der Waals surface area contributed by atoms with E-state index in [1.807, 2.05) is 55.1 Å². The number of ether oxygens (including phenoxy) is 1. The Morgan fingerprint density at radius 3 is 2.67 bits per heavy atom. The number of carbonyl (C=O) groups is 1. The van der Waals surface area contributed by atoms with Crippen LogP contribution in [0.15, 0.2) is 42.6 Å². The number of nitrogens with one attached hydrogen (secondary N) is 2. The number of para-hydroxylation sites is 1. The predicted molar refractivity (Wildman–Crippen MR) is 219 cm³/mol. The highest BCUT2D eigenvalue weighted by atomic mass is 32.1. The van der Waals surface area contributed by atoms with Gasteiger partial charge in [-0.1, -0.05) is 23.5 Å². The number of nitrogens with zero attached hydrogens (tertiary/aromatic N) is 7. The minimum Gasteiger partial charge on any atom is -0.476 e. The highest BCUT2D eigenvalue weighted by molar-refractivity contribution is 7.22. The van der Waals surface area contributed by atoms with Gasteiger partial charge >= 0.3 is 5.97 Å². The lowest BCUT2D eigenvalue weighted by molar-refractivity contribution is -0.196. The predicted octanol–water partition coefficient (Wildman–Crippen LogP) is 6.18. The molecule has 4 aliphatic carbocycles. The van der Waals surface area contributed by atoms with Crippen molar-refractivity contribution in [3.05, 3.63) is 65.1 Å². The van der Waals surface area contributed by atoms with Crippen LogP contribution in [0.2, 0.25) is 0 Å². The fourth-order valence-electron chi connectivity index (χ4n) is 10.7. The summed E-state index contributed by atoms with van der Waals surface area (Å²) in [7, 11) is 0. The quantitative estimate of drug-likeness (QED) is 0.0759. The molecule has 300 valence electrons. The van der Waals surface area contributed by atoms with Gasteiger partial charge in [0.15, 0.2) is 22.5 Å². The molecule has 1 aliphatic heterocycles. The van der Waals surface area contributed by atoms with Crippen LogP contribution in [-0.4, -0.2) is 95.8 Å². The lowest BCUT2D eigenvalue weighted by Gasteiger charge is -2.61. The maximum absolute atomic E-state index is 12.9. The third-order valence-electron chi connectivity index (χ3n) is 12.8. The molecule has 4 fully saturated rings. The molecule has 0 spiro atoms. The topological polar surface area (TPSA) is 184 Å². The number of hydrogen-bond acceptors (Lipinski definition) is 13.